The first-order valence-corrected chi connectivity index (χ1v) is 12.6. The van der Waals surface area contributed by atoms with E-state index in [1.165, 1.54) is 0 Å². The number of aromatic nitrogens is 2. The fourth-order valence-corrected chi connectivity index (χ4v) is 4.10. The van der Waals surface area contributed by atoms with E-state index in [9.17, 15) is 4.39 Å². The topological polar surface area (TPSA) is 75.9 Å². The van der Waals surface area contributed by atoms with Gasteiger partial charge < -0.3 is 37.7 Å². The van der Waals surface area contributed by atoms with Gasteiger partial charge in [-0.15, -0.1) is 0 Å². The number of hydrogen-bond acceptors (Lipinski definition) is 8. The number of nitrogens with zero attached hydrogens (tertiary/aromatic N) is 3. The third-order valence-electron chi connectivity index (χ3n) is 5.43. The van der Waals surface area contributed by atoms with Gasteiger partial charge in [-0.05, 0) is 52.0 Å². The van der Waals surface area contributed by atoms with E-state index >= 15 is 0 Å². The van der Waals surface area contributed by atoms with Crippen molar-refractivity contribution >= 4 is 11.3 Å². The average Bonchev–Trinajstić information content (AvgIpc) is 3.31. The van der Waals surface area contributed by atoms with Crippen LogP contribution in [0.5, 0.6) is 5.75 Å². The van der Waals surface area contributed by atoms with Crippen LogP contribution in [0.3, 0.4) is 0 Å². The molecule has 0 unspecified atom stereocenters. The Morgan fingerprint density at radius 3 is 2.05 bits per heavy atom. The highest BCUT2D eigenvalue weighted by Gasteiger charge is 2.62. The Balaban J connectivity index is 2.26. The molecule has 0 aliphatic carbocycles. The quantitative estimate of drug-likeness (QED) is 0.248. The van der Waals surface area contributed by atoms with Gasteiger partial charge in [0.1, 0.15) is 18.1 Å². The molecule has 0 spiro atoms. The molecule has 0 aliphatic heterocycles. The minimum Gasteiger partial charge on any atom is -0.432 e. The van der Waals surface area contributed by atoms with Crippen molar-refractivity contribution in [2.45, 2.75) is 39.6 Å². The predicted octanol–water partition coefficient (Wildman–Crippen LogP) is 4.89. The molecule has 0 saturated heterocycles. The van der Waals surface area contributed by atoms with Gasteiger partial charge in [-0.1, -0.05) is 12.1 Å². The second-order valence-electron chi connectivity index (χ2n) is 8.12. The molecule has 3 rings (SSSR count). The maximum Gasteiger partial charge on any atom is 0.414 e. The van der Waals surface area contributed by atoms with E-state index < -0.39 is 18.6 Å². The number of anilines is 1. The predicted molar refractivity (Wildman–Crippen MR) is 139 cm³/mol. The first kappa shape index (κ1) is 28.8. The minimum absolute atomic E-state index is 0.161. The Kier molecular flexibility index (Phi) is 10.2. The van der Waals surface area contributed by atoms with Crippen LogP contribution in [0.4, 0.5) is 10.1 Å². The zero-order valence-corrected chi connectivity index (χ0v) is 22.5. The molecule has 2 heterocycles. The third kappa shape index (κ3) is 6.05. The molecule has 0 aliphatic rings. The highest BCUT2D eigenvalue weighted by Crippen LogP contribution is 2.43. The van der Waals surface area contributed by atoms with Crippen molar-refractivity contribution in [3.05, 3.63) is 48.8 Å². The largest absolute Gasteiger partial charge is 0.432 e. The van der Waals surface area contributed by atoms with Crippen molar-refractivity contribution in [2.24, 2.45) is 0 Å². The summed E-state index contributed by atoms with van der Waals surface area (Å²) in [7, 11) is 3.87. The highest BCUT2D eigenvalue weighted by molar-refractivity contribution is 5.82. The lowest BCUT2D eigenvalue weighted by atomic mass is 10.1. The van der Waals surface area contributed by atoms with Crippen LogP contribution in [0.2, 0.25) is 0 Å². The number of ether oxygens (including phenoxy) is 6. The van der Waals surface area contributed by atoms with Gasteiger partial charge >= 0.3 is 11.9 Å². The van der Waals surface area contributed by atoms with E-state index in [4.69, 9.17) is 33.4 Å². The van der Waals surface area contributed by atoms with Crippen LogP contribution < -0.4 is 9.64 Å². The zero-order valence-electron chi connectivity index (χ0n) is 22.5. The Labute approximate surface area is 218 Å². The van der Waals surface area contributed by atoms with Gasteiger partial charge in [0.2, 0.25) is 0 Å². The first-order valence-electron chi connectivity index (χ1n) is 12.6. The Hall–Kier alpha value is -2.76. The van der Waals surface area contributed by atoms with Gasteiger partial charge in [0.25, 0.3) is 0 Å². The number of fused-ring (bicyclic) bond motifs is 1. The van der Waals surface area contributed by atoms with Gasteiger partial charge in [-0.2, -0.15) is 0 Å². The summed E-state index contributed by atoms with van der Waals surface area (Å²) in [5.74, 6) is -3.65. The van der Waals surface area contributed by atoms with Gasteiger partial charge in [0.05, 0.1) is 31.1 Å². The van der Waals surface area contributed by atoms with E-state index in [1.54, 1.807) is 33.8 Å². The summed E-state index contributed by atoms with van der Waals surface area (Å²) < 4.78 is 51.9. The number of pyridine rings is 1. The normalized spacial score (nSPS) is 12.3. The SMILES string of the molecule is CCOC(OCC)(OCCF)C(OCC)(OCC)Oc1cccc(N(C)C)c1-c1cn2ccccc2n1. The van der Waals surface area contributed by atoms with Crippen molar-refractivity contribution < 1.29 is 32.8 Å². The lowest BCUT2D eigenvalue weighted by Crippen LogP contribution is -2.66. The molecule has 1 aromatic carbocycles. The minimum atomic E-state index is -2.03. The van der Waals surface area contributed by atoms with Gasteiger partial charge in [0.15, 0.2) is 0 Å². The number of imidazole rings is 1. The maximum absolute atomic E-state index is 13.3. The summed E-state index contributed by atoms with van der Waals surface area (Å²) >= 11 is 0. The van der Waals surface area contributed by atoms with E-state index in [0.717, 1.165) is 11.3 Å². The molecule has 0 saturated carbocycles. The number of rotatable bonds is 16. The van der Waals surface area contributed by atoms with Crippen molar-refractivity contribution in [2.75, 3.05) is 58.7 Å². The highest BCUT2D eigenvalue weighted by atomic mass is 19.1. The van der Waals surface area contributed by atoms with E-state index in [0.29, 0.717) is 17.0 Å². The van der Waals surface area contributed by atoms with Crippen molar-refractivity contribution in [1.82, 2.24) is 9.38 Å². The molecule has 0 bridgehead atoms. The summed E-state index contributed by atoms with van der Waals surface area (Å²) in [6.45, 7) is 6.68. The number of halogens is 1. The van der Waals surface area contributed by atoms with Crippen LogP contribution in [0.25, 0.3) is 16.9 Å². The lowest BCUT2D eigenvalue weighted by Gasteiger charge is -2.45. The van der Waals surface area contributed by atoms with Gasteiger partial charge in [-0.3, -0.25) is 0 Å². The summed E-state index contributed by atoms with van der Waals surface area (Å²) in [6, 6.07) is 11.4. The second-order valence-corrected chi connectivity index (χ2v) is 8.12. The summed E-state index contributed by atoms with van der Waals surface area (Å²) in [5, 5.41) is 0. The molecule has 2 aromatic heterocycles. The fourth-order valence-electron chi connectivity index (χ4n) is 4.10. The van der Waals surface area contributed by atoms with E-state index in [-0.39, 0.29) is 33.0 Å². The maximum atomic E-state index is 13.3. The van der Waals surface area contributed by atoms with Crippen LogP contribution in [-0.4, -0.2) is 75.1 Å². The lowest BCUT2D eigenvalue weighted by molar-refractivity contribution is -0.543. The molecule has 37 heavy (non-hydrogen) atoms. The average molecular weight is 520 g/mol. The fraction of sp³-hybridized carbons (Fsp3) is 0.519. The van der Waals surface area contributed by atoms with Crippen LogP contribution in [0.15, 0.2) is 48.8 Å². The molecule has 0 atom stereocenters. The molecule has 10 heteroatoms. The molecule has 0 fully saturated rings. The van der Waals surface area contributed by atoms with Crippen molar-refractivity contribution in [1.29, 1.82) is 0 Å². The molecule has 3 aromatic rings. The molecule has 9 nitrogen and oxygen atoms in total. The third-order valence-corrected chi connectivity index (χ3v) is 5.43. The molecule has 0 amide bonds. The molecule has 0 N–H and O–H groups in total. The van der Waals surface area contributed by atoms with Crippen molar-refractivity contribution in [3.8, 4) is 17.0 Å². The number of hydrogen-bond donors (Lipinski definition) is 0. The standard InChI is InChI=1S/C27H38FN3O6/c1-7-32-26(33-8-2,36-19-17-28)27(34-9-3,35-10-4)37-23-15-13-14-22(30(5)6)25(23)21-20-31-18-12-11-16-24(31)29-21/h11-16,18,20H,7-10,17,19H2,1-6H3. The van der Waals surface area contributed by atoms with Crippen LogP contribution >= 0.6 is 0 Å². The van der Waals surface area contributed by atoms with Crippen LogP contribution in [0, 0.1) is 0 Å². The smallest absolute Gasteiger partial charge is 0.414 e. The Bertz CT molecular complexity index is 1080. The van der Waals surface area contributed by atoms with Crippen LogP contribution in [0.1, 0.15) is 27.7 Å². The van der Waals surface area contributed by atoms with E-state index in [1.807, 2.05) is 66.1 Å². The number of alkyl halides is 1. The Morgan fingerprint density at radius 1 is 0.838 bits per heavy atom. The summed E-state index contributed by atoms with van der Waals surface area (Å²) in [5.41, 5.74) is 3.01. The summed E-state index contributed by atoms with van der Waals surface area (Å²) in [4.78, 5) is 6.79. The zero-order chi connectivity index (χ0) is 26.9. The molecular weight excluding hydrogens is 481 g/mol. The molecule has 204 valence electrons. The summed E-state index contributed by atoms with van der Waals surface area (Å²) in [6.07, 6.45) is 3.85. The van der Waals surface area contributed by atoms with Crippen molar-refractivity contribution in [3.63, 3.8) is 0 Å². The van der Waals surface area contributed by atoms with Gasteiger partial charge in [0, 0.05) is 45.4 Å². The van der Waals surface area contributed by atoms with E-state index in [2.05, 4.69) is 0 Å². The monoisotopic (exact) mass is 519 g/mol. The molecule has 0 radical (unpaired) electrons. The number of benzene rings is 1. The Morgan fingerprint density at radius 2 is 1.49 bits per heavy atom. The second kappa shape index (κ2) is 13.2. The molecular formula is C27H38FN3O6. The first-order chi connectivity index (χ1) is 17.9. The van der Waals surface area contributed by atoms with Gasteiger partial charge in [-0.25, -0.2) is 9.37 Å². The van der Waals surface area contributed by atoms with Crippen LogP contribution in [-0.2, 0) is 23.7 Å².